The minimum absolute atomic E-state index is 0.160. The Hall–Kier alpha value is -2.01. The molecule has 1 aromatic carbocycles. The molecule has 0 radical (unpaired) electrons. The molecule has 2 rings (SSSR count). The van der Waals surface area contributed by atoms with Crippen LogP contribution < -0.4 is 10.1 Å². The first-order valence-corrected chi connectivity index (χ1v) is 6.53. The average Bonchev–Trinajstić information content (AvgIpc) is 2.42. The van der Waals surface area contributed by atoms with E-state index in [1.54, 1.807) is 31.3 Å². The lowest BCUT2D eigenvalue weighted by Gasteiger charge is -2.10. The van der Waals surface area contributed by atoms with E-state index in [-0.39, 0.29) is 17.4 Å². The molecule has 0 unspecified atom stereocenters. The van der Waals surface area contributed by atoms with Crippen LogP contribution in [0.25, 0.3) is 0 Å². The maximum absolute atomic E-state index is 13.9. The fourth-order valence-electron chi connectivity index (χ4n) is 1.64. The zero-order chi connectivity index (χ0) is 14.5. The van der Waals surface area contributed by atoms with Crippen LogP contribution >= 0.6 is 0 Å². The Labute approximate surface area is 118 Å². The lowest BCUT2D eigenvalue weighted by Crippen LogP contribution is -2.22. The van der Waals surface area contributed by atoms with Crippen molar-refractivity contribution in [3.8, 4) is 11.6 Å². The highest BCUT2D eigenvalue weighted by Gasteiger charge is 2.08. The summed E-state index contributed by atoms with van der Waals surface area (Å²) in [5.41, 5.74) is 1.29. The highest BCUT2D eigenvalue weighted by molar-refractivity contribution is 5.32. The fourth-order valence-corrected chi connectivity index (χ4v) is 1.64. The standard InChI is InChI=1S/C15H18FN3O/c1-10(2)18-8-12-7-17-9-14(19-12)20-13-6-4-5-11(3)15(13)16/h4-7,9-10,18H,8H2,1-3H3. The molecule has 1 aromatic heterocycles. The third kappa shape index (κ3) is 3.74. The van der Waals surface area contributed by atoms with Crippen LogP contribution in [-0.4, -0.2) is 16.0 Å². The van der Waals surface area contributed by atoms with Gasteiger partial charge < -0.3 is 10.1 Å². The van der Waals surface area contributed by atoms with Crippen LogP contribution in [-0.2, 0) is 6.54 Å². The molecule has 0 saturated heterocycles. The van der Waals surface area contributed by atoms with Crippen molar-refractivity contribution >= 4 is 0 Å². The lowest BCUT2D eigenvalue weighted by atomic mass is 10.2. The van der Waals surface area contributed by atoms with E-state index in [1.807, 2.05) is 0 Å². The van der Waals surface area contributed by atoms with Gasteiger partial charge in [-0.3, -0.25) is 4.98 Å². The van der Waals surface area contributed by atoms with E-state index in [1.165, 1.54) is 6.20 Å². The third-order valence-corrected chi connectivity index (χ3v) is 2.72. The Morgan fingerprint density at radius 1 is 1.30 bits per heavy atom. The lowest BCUT2D eigenvalue weighted by molar-refractivity contribution is 0.420. The van der Waals surface area contributed by atoms with Gasteiger partial charge in [-0.15, -0.1) is 0 Å². The predicted molar refractivity (Wildman–Crippen MR) is 75.2 cm³/mol. The van der Waals surface area contributed by atoms with Crippen molar-refractivity contribution in [3.05, 3.63) is 47.7 Å². The van der Waals surface area contributed by atoms with Gasteiger partial charge in [0.15, 0.2) is 11.6 Å². The third-order valence-electron chi connectivity index (χ3n) is 2.72. The van der Waals surface area contributed by atoms with E-state index in [0.717, 1.165) is 5.69 Å². The molecule has 1 heterocycles. The summed E-state index contributed by atoms with van der Waals surface area (Å²) in [7, 11) is 0. The zero-order valence-corrected chi connectivity index (χ0v) is 11.9. The summed E-state index contributed by atoms with van der Waals surface area (Å²) in [5, 5.41) is 3.24. The number of rotatable bonds is 5. The van der Waals surface area contributed by atoms with Crippen molar-refractivity contribution in [1.82, 2.24) is 15.3 Å². The van der Waals surface area contributed by atoms with Crippen molar-refractivity contribution in [3.63, 3.8) is 0 Å². The largest absolute Gasteiger partial charge is 0.434 e. The van der Waals surface area contributed by atoms with Crippen LogP contribution in [0.5, 0.6) is 11.6 Å². The molecule has 0 bridgehead atoms. The van der Waals surface area contributed by atoms with E-state index in [9.17, 15) is 4.39 Å². The van der Waals surface area contributed by atoms with Crippen LogP contribution in [0, 0.1) is 12.7 Å². The molecule has 0 aliphatic rings. The second-order valence-electron chi connectivity index (χ2n) is 4.87. The van der Waals surface area contributed by atoms with Crippen LogP contribution in [0.3, 0.4) is 0 Å². The number of nitrogens with one attached hydrogen (secondary N) is 1. The molecule has 20 heavy (non-hydrogen) atoms. The number of hydrogen-bond donors (Lipinski definition) is 1. The minimum atomic E-state index is -0.375. The van der Waals surface area contributed by atoms with Gasteiger partial charge in [-0.05, 0) is 18.6 Å². The molecule has 0 aliphatic heterocycles. The van der Waals surface area contributed by atoms with E-state index in [4.69, 9.17) is 4.74 Å². The van der Waals surface area contributed by atoms with Gasteiger partial charge in [0.2, 0.25) is 5.88 Å². The summed E-state index contributed by atoms with van der Waals surface area (Å²) in [6, 6.07) is 5.36. The molecule has 0 spiro atoms. The molecule has 4 nitrogen and oxygen atoms in total. The fraction of sp³-hybridized carbons (Fsp3) is 0.333. The summed E-state index contributed by atoms with van der Waals surface area (Å²) in [5.74, 6) is 0.0748. The van der Waals surface area contributed by atoms with E-state index in [2.05, 4.69) is 29.1 Å². The van der Waals surface area contributed by atoms with E-state index >= 15 is 0 Å². The van der Waals surface area contributed by atoms with E-state index in [0.29, 0.717) is 18.2 Å². The molecule has 106 valence electrons. The van der Waals surface area contributed by atoms with Crippen LogP contribution in [0.1, 0.15) is 25.1 Å². The maximum Gasteiger partial charge on any atom is 0.238 e. The molecule has 1 N–H and O–H groups in total. The summed E-state index contributed by atoms with van der Waals surface area (Å²) in [4.78, 5) is 8.36. The smallest absolute Gasteiger partial charge is 0.238 e. The Balaban J connectivity index is 2.13. The van der Waals surface area contributed by atoms with Crippen LogP contribution in [0.15, 0.2) is 30.6 Å². The van der Waals surface area contributed by atoms with Crippen molar-refractivity contribution in [1.29, 1.82) is 0 Å². The quantitative estimate of drug-likeness (QED) is 0.910. The average molecular weight is 275 g/mol. The molecule has 5 heteroatoms. The number of benzene rings is 1. The summed E-state index contributed by atoms with van der Waals surface area (Å²) in [6.07, 6.45) is 3.13. The highest BCUT2D eigenvalue weighted by atomic mass is 19.1. The molecule has 0 fully saturated rings. The normalized spacial score (nSPS) is 10.8. The number of aromatic nitrogens is 2. The highest BCUT2D eigenvalue weighted by Crippen LogP contribution is 2.24. The number of ether oxygens (including phenoxy) is 1. The van der Waals surface area contributed by atoms with Gasteiger partial charge in [-0.25, -0.2) is 9.37 Å². The number of halogens is 1. The Kier molecular flexibility index (Phi) is 4.63. The first-order chi connectivity index (χ1) is 9.56. The van der Waals surface area contributed by atoms with Crippen molar-refractivity contribution in [2.75, 3.05) is 0 Å². The molecule has 0 atom stereocenters. The van der Waals surface area contributed by atoms with Gasteiger partial charge in [0.25, 0.3) is 0 Å². The second-order valence-corrected chi connectivity index (χ2v) is 4.87. The van der Waals surface area contributed by atoms with Gasteiger partial charge in [-0.1, -0.05) is 26.0 Å². The number of nitrogens with zero attached hydrogens (tertiary/aromatic N) is 2. The topological polar surface area (TPSA) is 47.0 Å². The summed E-state index contributed by atoms with van der Waals surface area (Å²) < 4.78 is 19.3. The first-order valence-electron chi connectivity index (χ1n) is 6.53. The number of aryl methyl sites for hydroxylation is 1. The van der Waals surface area contributed by atoms with Gasteiger partial charge in [0.1, 0.15) is 0 Å². The van der Waals surface area contributed by atoms with Crippen molar-refractivity contribution in [2.24, 2.45) is 0 Å². The molecule has 0 amide bonds. The maximum atomic E-state index is 13.9. The summed E-state index contributed by atoms with van der Waals surface area (Å²) in [6.45, 7) is 6.39. The zero-order valence-electron chi connectivity index (χ0n) is 11.9. The monoisotopic (exact) mass is 275 g/mol. The van der Waals surface area contributed by atoms with Crippen molar-refractivity contribution < 1.29 is 9.13 Å². The molecule has 0 saturated carbocycles. The minimum Gasteiger partial charge on any atom is -0.434 e. The van der Waals surface area contributed by atoms with Crippen LogP contribution in [0.2, 0.25) is 0 Å². The molecular weight excluding hydrogens is 257 g/mol. The Morgan fingerprint density at radius 3 is 2.85 bits per heavy atom. The van der Waals surface area contributed by atoms with Gasteiger partial charge in [0.05, 0.1) is 11.9 Å². The number of hydrogen-bond acceptors (Lipinski definition) is 4. The SMILES string of the molecule is Cc1cccc(Oc2cncc(CNC(C)C)n2)c1F. The first kappa shape index (κ1) is 14.4. The van der Waals surface area contributed by atoms with Gasteiger partial charge in [-0.2, -0.15) is 0 Å². The Morgan fingerprint density at radius 2 is 2.10 bits per heavy atom. The predicted octanol–water partition coefficient (Wildman–Crippen LogP) is 3.21. The second kappa shape index (κ2) is 6.43. The van der Waals surface area contributed by atoms with Gasteiger partial charge in [0, 0.05) is 18.8 Å². The molecule has 0 aliphatic carbocycles. The van der Waals surface area contributed by atoms with Crippen molar-refractivity contribution in [2.45, 2.75) is 33.4 Å². The summed E-state index contributed by atoms with van der Waals surface area (Å²) >= 11 is 0. The van der Waals surface area contributed by atoms with E-state index < -0.39 is 0 Å². The van der Waals surface area contributed by atoms with Crippen LogP contribution in [0.4, 0.5) is 4.39 Å². The molecular formula is C15H18FN3O. The molecule has 2 aromatic rings. The van der Waals surface area contributed by atoms with Gasteiger partial charge >= 0.3 is 0 Å². The Bertz CT molecular complexity index is 587.